The van der Waals surface area contributed by atoms with Crippen molar-refractivity contribution in [3.63, 3.8) is 0 Å². The molecule has 0 aliphatic rings. The standard InChI is InChI=1S/C15H14ClN3O2S/c1-11-2-3-12(10-18-11)6-7-19-22(20,21)15-5-4-13(9-17)8-14(15)16/h2-5,8,10,19H,6-7H2,1H3. The zero-order chi connectivity index (χ0) is 16.2. The van der Waals surface area contributed by atoms with Crippen molar-refractivity contribution < 1.29 is 8.42 Å². The first-order chi connectivity index (χ1) is 10.4. The van der Waals surface area contributed by atoms with Gasteiger partial charge in [-0.15, -0.1) is 0 Å². The number of benzene rings is 1. The summed E-state index contributed by atoms with van der Waals surface area (Å²) in [5.74, 6) is 0. The van der Waals surface area contributed by atoms with E-state index in [2.05, 4.69) is 9.71 Å². The van der Waals surface area contributed by atoms with E-state index in [-0.39, 0.29) is 16.5 Å². The summed E-state index contributed by atoms with van der Waals surface area (Å²) in [4.78, 5) is 4.12. The Morgan fingerprint density at radius 3 is 2.68 bits per heavy atom. The number of sulfonamides is 1. The Morgan fingerprint density at radius 1 is 1.32 bits per heavy atom. The molecule has 0 fully saturated rings. The van der Waals surface area contributed by atoms with E-state index in [1.165, 1.54) is 18.2 Å². The van der Waals surface area contributed by atoms with E-state index in [0.29, 0.717) is 12.0 Å². The number of nitrogens with zero attached hydrogens (tertiary/aromatic N) is 2. The molecule has 114 valence electrons. The molecule has 0 atom stereocenters. The van der Waals surface area contributed by atoms with E-state index < -0.39 is 10.0 Å². The van der Waals surface area contributed by atoms with Gasteiger partial charge in [-0.1, -0.05) is 17.7 Å². The third-order valence-electron chi connectivity index (χ3n) is 3.03. The molecule has 1 heterocycles. The molecule has 1 N–H and O–H groups in total. The van der Waals surface area contributed by atoms with Crippen LogP contribution < -0.4 is 4.72 Å². The van der Waals surface area contributed by atoms with Gasteiger partial charge in [0.1, 0.15) is 4.90 Å². The number of halogens is 1. The first kappa shape index (κ1) is 16.4. The summed E-state index contributed by atoms with van der Waals surface area (Å²) in [5.41, 5.74) is 2.17. The molecule has 0 amide bonds. The van der Waals surface area contributed by atoms with Crippen molar-refractivity contribution in [1.29, 1.82) is 5.26 Å². The molecule has 0 unspecified atom stereocenters. The number of pyridine rings is 1. The average molecular weight is 336 g/mol. The monoisotopic (exact) mass is 335 g/mol. The SMILES string of the molecule is Cc1ccc(CCNS(=O)(=O)c2ccc(C#N)cc2Cl)cn1. The van der Waals surface area contributed by atoms with Gasteiger partial charge in [0.2, 0.25) is 10.0 Å². The predicted octanol–water partition coefficient (Wildman–Crippen LogP) is 2.44. The lowest BCUT2D eigenvalue weighted by atomic mass is 10.2. The molecule has 0 aliphatic heterocycles. The van der Waals surface area contributed by atoms with Crippen LogP contribution in [-0.4, -0.2) is 19.9 Å². The highest BCUT2D eigenvalue weighted by Gasteiger charge is 2.17. The zero-order valence-electron chi connectivity index (χ0n) is 11.9. The van der Waals surface area contributed by atoms with Gasteiger partial charge in [0.25, 0.3) is 0 Å². The Bertz CT molecular complexity index is 812. The minimum atomic E-state index is -3.71. The van der Waals surface area contributed by atoms with Crippen molar-refractivity contribution in [3.8, 4) is 6.07 Å². The van der Waals surface area contributed by atoms with Crippen molar-refractivity contribution in [3.05, 3.63) is 58.4 Å². The van der Waals surface area contributed by atoms with Crippen LogP contribution in [0.4, 0.5) is 0 Å². The Kier molecular flexibility index (Phi) is 5.14. The number of aromatic nitrogens is 1. The first-order valence-corrected chi connectivity index (χ1v) is 8.39. The van der Waals surface area contributed by atoms with Gasteiger partial charge in [0.05, 0.1) is 16.7 Å². The topological polar surface area (TPSA) is 82.9 Å². The quantitative estimate of drug-likeness (QED) is 0.909. The van der Waals surface area contributed by atoms with Gasteiger partial charge in [-0.05, 0) is 43.2 Å². The molecular weight excluding hydrogens is 322 g/mol. The fourth-order valence-electron chi connectivity index (χ4n) is 1.84. The fourth-order valence-corrected chi connectivity index (χ4v) is 3.42. The summed E-state index contributed by atoms with van der Waals surface area (Å²) in [6.07, 6.45) is 2.25. The number of nitriles is 1. The normalized spacial score (nSPS) is 11.1. The van der Waals surface area contributed by atoms with Crippen LogP contribution in [0, 0.1) is 18.3 Å². The second-order valence-electron chi connectivity index (χ2n) is 4.71. The number of hydrogen-bond acceptors (Lipinski definition) is 4. The highest BCUT2D eigenvalue weighted by Crippen LogP contribution is 2.22. The molecule has 2 rings (SSSR count). The van der Waals surface area contributed by atoms with Gasteiger partial charge in [0.15, 0.2) is 0 Å². The molecule has 7 heteroatoms. The maximum absolute atomic E-state index is 12.2. The van der Waals surface area contributed by atoms with Crippen molar-refractivity contribution in [2.45, 2.75) is 18.2 Å². The van der Waals surface area contributed by atoms with Crippen molar-refractivity contribution in [2.24, 2.45) is 0 Å². The summed E-state index contributed by atoms with van der Waals surface area (Å²) < 4.78 is 26.9. The van der Waals surface area contributed by atoms with Gasteiger partial charge < -0.3 is 0 Å². The minimum absolute atomic E-state index is 0.0311. The van der Waals surface area contributed by atoms with Crippen LogP contribution >= 0.6 is 11.6 Å². The van der Waals surface area contributed by atoms with E-state index in [0.717, 1.165) is 11.3 Å². The third kappa shape index (κ3) is 4.04. The summed E-state index contributed by atoms with van der Waals surface area (Å²) in [5, 5.41) is 8.79. The predicted molar refractivity (Wildman–Crippen MR) is 84.0 cm³/mol. The first-order valence-electron chi connectivity index (χ1n) is 6.53. The fraction of sp³-hybridized carbons (Fsp3) is 0.200. The lowest BCUT2D eigenvalue weighted by Crippen LogP contribution is -2.26. The molecule has 22 heavy (non-hydrogen) atoms. The van der Waals surface area contributed by atoms with E-state index in [9.17, 15) is 8.42 Å². The Hall–Kier alpha value is -1.94. The second kappa shape index (κ2) is 6.88. The summed E-state index contributed by atoms with van der Waals surface area (Å²) in [7, 11) is -3.71. The largest absolute Gasteiger partial charge is 0.261 e. The molecule has 0 bridgehead atoms. The maximum Gasteiger partial charge on any atom is 0.242 e. The molecule has 1 aromatic carbocycles. The van der Waals surface area contributed by atoms with Gasteiger partial charge in [-0.25, -0.2) is 13.1 Å². The number of aryl methyl sites for hydroxylation is 1. The summed E-state index contributed by atoms with van der Waals surface area (Å²) in [6.45, 7) is 2.13. The van der Waals surface area contributed by atoms with Gasteiger partial charge in [-0.3, -0.25) is 4.98 Å². The number of rotatable bonds is 5. The van der Waals surface area contributed by atoms with Crippen LogP contribution in [0.25, 0.3) is 0 Å². The van der Waals surface area contributed by atoms with Crippen LogP contribution in [0.2, 0.25) is 5.02 Å². The van der Waals surface area contributed by atoms with E-state index in [4.69, 9.17) is 16.9 Å². The van der Waals surface area contributed by atoms with Crippen LogP contribution in [0.3, 0.4) is 0 Å². The molecule has 0 saturated carbocycles. The van der Waals surface area contributed by atoms with Crippen molar-refractivity contribution in [1.82, 2.24) is 9.71 Å². The van der Waals surface area contributed by atoms with Crippen LogP contribution in [0.5, 0.6) is 0 Å². The highest BCUT2D eigenvalue weighted by molar-refractivity contribution is 7.89. The minimum Gasteiger partial charge on any atom is -0.261 e. The summed E-state index contributed by atoms with van der Waals surface area (Å²) >= 11 is 5.93. The van der Waals surface area contributed by atoms with E-state index >= 15 is 0 Å². The Morgan fingerprint density at radius 2 is 2.09 bits per heavy atom. The molecule has 1 aromatic heterocycles. The molecule has 0 aliphatic carbocycles. The number of nitrogens with one attached hydrogen (secondary N) is 1. The van der Waals surface area contributed by atoms with Gasteiger partial charge >= 0.3 is 0 Å². The molecule has 0 spiro atoms. The molecule has 2 aromatic rings. The molecular formula is C15H14ClN3O2S. The molecule has 0 radical (unpaired) electrons. The third-order valence-corrected chi connectivity index (χ3v) is 4.97. The smallest absolute Gasteiger partial charge is 0.242 e. The average Bonchev–Trinajstić information content (AvgIpc) is 2.48. The van der Waals surface area contributed by atoms with E-state index in [1.54, 1.807) is 6.20 Å². The van der Waals surface area contributed by atoms with Crippen LogP contribution in [-0.2, 0) is 16.4 Å². The Balaban J connectivity index is 2.05. The molecule has 0 saturated heterocycles. The van der Waals surface area contributed by atoms with Crippen molar-refractivity contribution >= 4 is 21.6 Å². The van der Waals surface area contributed by atoms with Gasteiger partial charge in [0, 0.05) is 18.4 Å². The molecule has 5 nitrogen and oxygen atoms in total. The highest BCUT2D eigenvalue weighted by atomic mass is 35.5. The van der Waals surface area contributed by atoms with Crippen molar-refractivity contribution in [2.75, 3.05) is 6.54 Å². The second-order valence-corrected chi connectivity index (χ2v) is 6.86. The van der Waals surface area contributed by atoms with Crippen LogP contribution in [0.15, 0.2) is 41.4 Å². The zero-order valence-corrected chi connectivity index (χ0v) is 13.4. The lowest BCUT2D eigenvalue weighted by Gasteiger charge is -2.08. The maximum atomic E-state index is 12.2. The summed E-state index contributed by atoms with van der Waals surface area (Å²) in [6, 6.07) is 9.78. The van der Waals surface area contributed by atoms with Crippen LogP contribution in [0.1, 0.15) is 16.8 Å². The number of hydrogen-bond donors (Lipinski definition) is 1. The Labute approximate surface area is 134 Å². The van der Waals surface area contributed by atoms with E-state index in [1.807, 2.05) is 25.1 Å². The van der Waals surface area contributed by atoms with Gasteiger partial charge in [-0.2, -0.15) is 5.26 Å². The lowest BCUT2D eigenvalue weighted by molar-refractivity contribution is 0.581.